The minimum absolute atomic E-state index is 0.334. The van der Waals surface area contributed by atoms with Gasteiger partial charge in [0.2, 0.25) is 5.06 Å². The van der Waals surface area contributed by atoms with Crippen LogP contribution in [0.5, 0.6) is 10.8 Å². The van der Waals surface area contributed by atoms with E-state index >= 15 is 0 Å². The molecule has 1 heterocycles. The SMILES string of the molecule is C=C/C=C(\C=C/C)Nc1ncc(Oc2cccc(F)c2)s1. The minimum atomic E-state index is -0.334. The monoisotopic (exact) mass is 302 g/mol. The van der Waals surface area contributed by atoms with Crippen LogP contribution in [0.4, 0.5) is 9.52 Å². The maximum Gasteiger partial charge on any atom is 0.202 e. The van der Waals surface area contributed by atoms with Gasteiger partial charge in [0, 0.05) is 11.8 Å². The van der Waals surface area contributed by atoms with Crippen LogP contribution in [0.25, 0.3) is 0 Å². The lowest BCUT2D eigenvalue weighted by Gasteiger charge is -2.02. The number of halogens is 1. The molecule has 0 atom stereocenters. The molecular formula is C16H15FN2OS. The Morgan fingerprint density at radius 1 is 1.48 bits per heavy atom. The van der Waals surface area contributed by atoms with E-state index in [1.807, 2.05) is 25.2 Å². The van der Waals surface area contributed by atoms with Crippen molar-refractivity contribution in [2.24, 2.45) is 0 Å². The zero-order valence-corrected chi connectivity index (χ0v) is 12.4. The van der Waals surface area contributed by atoms with Crippen LogP contribution in [-0.4, -0.2) is 4.98 Å². The van der Waals surface area contributed by atoms with E-state index in [-0.39, 0.29) is 5.82 Å². The van der Waals surface area contributed by atoms with Crippen molar-refractivity contribution in [3.8, 4) is 10.8 Å². The molecule has 5 heteroatoms. The second-order valence-electron chi connectivity index (χ2n) is 4.03. The predicted octanol–water partition coefficient (Wildman–Crippen LogP) is 5.13. The first-order valence-electron chi connectivity index (χ1n) is 6.33. The summed E-state index contributed by atoms with van der Waals surface area (Å²) in [5.74, 6) is 0.111. The Labute approximate surface area is 127 Å². The van der Waals surface area contributed by atoms with Gasteiger partial charge in [0.1, 0.15) is 11.6 Å². The number of nitrogens with zero attached hydrogens (tertiary/aromatic N) is 1. The van der Waals surface area contributed by atoms with Crippen molar-refractivity contribution in [1.82, 2.24) is 4.98 Å². The van der Waals surface area contributed by atoms with E-state index in [0.717, 1.165) is 5.70 Å². The van der Waals surface area contributed by atoms with Crippen molar-refractivity contribution in [3.63, 3.8) is 0 Å². The Balaban J connectivity index is 2.07. The van der Waals surface area contributed by atoms with Gasteiger partial charge in [-0.1, -0.05) is 36.1 Å². The number of hydrogen-bond acceptors (Lipinski definition) is 4. The molecule has 2 rings (SSSR count). The predicted molar refractivity (Wildman–Crippen MR) is 85.3 cm³/mol. The molecule has 1 aromatic carbocycles. The van der Waals surface area contributed by atoms with Crippen molar-refractivity contribution in [3.05, 3.63) is 72.9 Å². The molecule has 0 aliphatic rings. The molecule has 0 aliphatic heterocycles. The number of nitrogens with one attached hydrogen (secondary N) is 1. The van der Waals surface area contributed by atoms with E-state index in [2.05, 4.69) is 16.9 Å². The fourth-order valence-corrected chi connectivity index (χ4v) is 2.29. The highest BCUT2D eigenvalue weighted by atomic mass is 32.1. The van der Waals surface area contributed by atoms with Crippen molar-refractivity contribution in [2.45, 2.75) is 6.92 Å². The molecule has 1 N–H and O–H groups in total. The molecule has 2 aromatic rings. The fraction of sp³-hybridized carbons (Fsp3) is 0.0625. The molecule has 0 saturated carbocycles. The van der Waals surface area contributed by atoms with Crippen molar-refractivity contribution in [1.29, 1.82) is 0 Å². The van der Waals surface area contributed by atoms with Crippen LogP contribution >= 0.6 is 11.3 Å². The van der Waals surface area contributed by atoms with Crippen molar-refractivity contribution < 1.29 is 9.13 Å². The maximum atomic E-state index is 13.1. The van der Waals surface area contributed by atoms with Gasteiger partial charge in [0.15, 0.2) is 5.13 Å². The molecule has 0 unspecified atom stereocenters. The average Bonchev–Trinajstić information content (AvgIpc) is 2.86. The van der Waals surface area contributed by atoms with Gasteiger partial charge in [-0.3, -0.25) is 0 Å². The van der Waals surface area contributed by atoms with Gasteiger partial charge in [-0.25, -0.2) is 9.37 Å². The smallest absolute Gasteiger partial charge is 0.202 e. The molecule has 1 aromatic heterocycles. The molecule has 0 aliphatic carbocycles. The third kappa shape index (κ3) is 4.57. The van der Waals surface area contributed by atoms with Crippen LogP contribution in [0.15, 0.2) is 67.0 Å². The van der Waals surface area contributed by atoms with E-state index in [1.54, 1.807) is 24.4 Å². The first-order chi connectivity index (χ1) is 10.2. The Kier molecular flexibility index (Phi) is 5.29. The fourth-order valence-electron chi connectivity index (χ4n) is 1.58. The maximum absolute atomic E-state index is 13.1. The van der Waals surface area contributed by atoms with Gasteiger partial charge in [0.25, 0.3) is 0 Å². The number of allylic oxidation sites excluding steroid dienone is 4. The summed E-state index contributed by atoms with van der Waals surface area (Å²) in [4.78, 5) is 4.22. The quantitative estimate of drug-likeness (QED) is 0.751. The number of benzene rings is 1. The number of thiazole rings is 1. The van der Waals surface area contributed by atoms with E-state index in [1.165, 1.54) is 23.5 Å². The van der Waals surface area contributed by atoms with Gasteiger partial charge >= 0.3 is 0 Å². The number of aromatic nitrogens is 1. The summed E-state index contributed by atoms with van der Waals surface area (Å²) in [5, 5.41) is 4.43. The normalized spacial score (nSPS) is 11.6. The van der Waals surface area contributed by atoms with E-state index in [0.29, 0.717) is 15.9 Å². The molecule has 21 heavy (non-hydrogen) atoms. The van der Waals surface area contributed by atoms with Gasteiger partial charge in [0.05, 0.1) is 6.20 Å². The van der Waals surface area contributed by atoms with Crippen molar-refractivity contribution in [2.75, 3.05) is 5.32 Å². The topological polar surface area (TPSA) is 34.2 Å². The number of ether oxygens (including phenoxy) is 1. The molecule has 0 bridgehead atoms. The van der Waals surface area contributed by atoms with Crippen molar-refractivity contribution >= 4 is 16.5 Å². The Hall–Kier alpha value is -2.40. The summed E-state index contributed by atoms with van der Waals surface area (Å²) in [7, 11) is 0. The van der Waals surface area contributed by atoms with Crippen LogP contribution < -0.4 is 10.1 Å². The van der Waals surface area contributed by atoms with Gasteiger partial charge < -0.3 is 10.1 Å². The highest BCUT2D eigenvalue weighted by molar-refractivity contribution is 7.17. The Morgan fingerprint density at radius 3 is 3.05 bits per heavy atom. The second-order valence-corrected chi connectivity index (χ2v) is 5.02. The number of rotatable bonds is 6. The van der Waals surface area contributed by atoms with Gasteiger partial charge in [-0.05, 0) is 31.2 Å². The zero-order valence-electron chi connectivity index (χ0n) is 11.5. The zero-order chi connectivity index (χ0) is 15.1. The lowest BCUT2D eigenvalue weighted by Crippen LogP contribution is -1.95. The van der Waals surface area contributed by atoms with Gasteiger partial charge in [-0.15, -0.1) is 0 Å². The lowest BCUT2D eigenvalue weighted by molar-refractivity contribution is 0.488. The highest BCUT2D eigenvalue weighted by Crippen LogP contribution is 2.31. The first kappa shape index (κ1) is 15.0. The number of hydrogen-bond donors (Lipinski definition) is 1. The van der Waals surface area contributed by atoms with Gasteiger partial charge in [-0.2, -0.15) is 0 Å². The standard InChI is InChI=1S/C16H15FN2OS/c1-3-6-13(7-4-2)19-16-18-11-15(21-16)20-14-9-5-8-12(17)10-14/h3-11H,1H2,2H3,(H,18,19)/b7-4-,13-6+. The highest BCUT2D eigenvalue weighted by Gasteiger charge is 2.05. The van der Waals surface area contributed by atoms with Crippen LogP contribution in [0.3, 0.4) is 0 Å². The summed E-state index contributed by atoms with van der Waals surface area (Å²) in [6.45, 7) is 5.60. The summed E-state index contributed by atoms with van der Waals surface area (Å²) in [6.07, 6.45) is 8.96. The molecule has 0 spiro atoms. The van der Waals surface area contributed by atoms with Crippen LogP contribution in [-0.2, 0) is 0 Å². The number of anilines is 1. The van der Waals surface area contributed by atoms with Crippen LogP contribution in [0.1, 0.15) is 6.92 Å². The molecule has 3 nitrogen and oxygen atoms in total. The summed E-state index contributed by atoms with van der Waals surface area (Å²) in [6, 6.07) is 5.99. The second kappa shape index (κ2) is 7.40. The molecular weight excluding hydrogens is 287 g/mol. The minimum Gasteiger partial charge on any atom is -0.445 e. The average molecular weight is 302 g/mol. The Morgan fingerprint density at radius 2 is 2.33 bits per heavy atom. The van der Waals surface area contributed by atoms with E-state index in [4.69, 9.17) is 4.74 Å². The summed E-state index contributed by atoms with van der Waals surface area (Å²) in [5.41, 5.74) is 0.874. The lowest BCUT2D eigenvalue weighted by atomic mass is 10.3. The van der Waals surface area contributed by atoms with E-state index < -0.39 is 0 Å². The molecule has 0 fully saturated rings. The molecule has 0 amide bonds. The molecule has 0 saturated heterocycles. The third-order valence-electron chi connectivity index (χ3n) is 2.39. The first-order valence-corrected chi connectivity index (χ1v) is 7.14. The van der Waals surface area contributed by atoms with Crippen LogP contribution in [0.2, 0.25) is 0 Å². The molecule has 0 radical (unpaired) electrons. The molecule has 108 valence electrons. The third-order valence-corrected chi connectivity index (χ3v) is 3.18. The van der Waals surface area contributed by atoms with Crippen LogP contribution in [0, 0.1) is 5.82 Å². The largest absolute Gasteiger partial charge is 0.445 e. The summed E-state index contributed by atoms with van der Waals surface area (Å²) >= 11 is 1.34. The Bertz CT molecular complexity index is 676. The summed E-state index contributed by atoms with van der Waals surface area (Å²) < 4.78 is 18.6. The van der Waals surface area contributed by atoms with E-state index in [9.17, 15) is 4.39 Å².